The summed E-state index contributed by atoms with van der Waals surface area (Å²) < 4.78 is 39.5. The molecular formula is C13H15F3N2O2. The Kier molecular flexibility index (Phi) is 4.17. The van der Waals surface area contributed by atoms with E-state index in [4.69, 9.17) is 10.8 Å². The molecule has 1 amide bonds. The van der Waals surface area contributed by atoms with Crippen LogP contribution in [0.5, 0.6) is 5.75 Å². The summed E-state index contributed by atoms with van der Waals surface area (Å²) in [7, 11) is 0. The third-order valence-corrected chi connectivity index (χ3v) is 3.51. The Morgan fingerprint density at radius 2 is 2.05 bits per heavy atom. The van der Waals surface area contributed by atoms with Crippen molar-refractivity contribution < 1.29 is 23.1 Å². The van der Waals surface area contributed by atoms with E-state index in [1.54, 1.807) is 0 Å². The first-order valence-corrected chi connectivity index (χ1v) is 6.30. The number of carbonyl (C=O) groups is 1. The first kappa shape index (κ1) is 14.6. The molecule has 1 aromatic rings. The lowest BCUT2D eigenvalue weighted by Gasteiger charge is -2.12. The van der Waals surface area contributed by atoms with E-state index in [9.17, 15) is 18.0 Å². The van der Waals surface area contributed by atoms with Crippen LogP contribution in [-0.4, -0.2) is 23.6 Å². The number of phenolic OH excluding ortho intramolecular Hbond substituents is 1. The molecule has 0 radical (unpaired) electrons. The van der Waals surface area contributed by atoms with Crippen LogP contribution in [0.3, 0.4) is 0 Å². The number of halogens is 3. The van der Waals surface area contributed by atoms with E-state index in [1.807, 2.05) is 0 Å². The molecule has 0 heterocycles. The van der Waals surface area contributed by atoms with E-state index in [1.165, 1.54) is 0 Å². The van der Waals surface area contributed by atoms with Gasteiger partial charge in [0.05, 0.1) is 5.56 Å². The Bertz CT molecular complexity index is 537. The molecule has 7 heteroatoms. The molecule has 4 nitrogen and oxygen atoms in total. The number of rotatable bonds is 3. The number of aromatic hydroxyl groups is 1. The Labute approximate surface area is 113 Å². The first-order valence-electron chi connectivity index (χ1n) is 6.30. The predicted molar refractivity (Wildman–Crippen MR) is 65.6 cm³/mol. The van der Waals surface area contributed by atoms with Gasteiger partial charge in [0.2, 0.25) is 5.82 Å². The van der Waals surface area contributed by atoms with E-state index in [0.717, 1.165) is 19.3 Å². The van der Waals surface area contributed by atoms with Crippen LogP contribution in [0.4, 0.5) is 13.2 Å². The molecule has 1 aliphatic carbocycles. The SMILES string of the molecule is NC1CCC(CNC(=O)c2cc(F)c(F)c(O)c2F)C1. The van der Waals surface area contributed by atoms with E-state index >= 15 is 0 Å². The summed E-state index contributed by atoms with van der Waals surface area (Å²) in [4.78, 5) is 11.7. The minimum Gasteiger partial charge on any atom is -0.503 e. The number of benzene rings is 1. The summed E-state index contributed by atoms with van der Waals surface area (Å²) in [6.07, 6.45) is 2.47. The number of nitrogens with two attached hydrogens (primary N) is 1. The van der Waals surface area contributed by atoms with Gasteiger partial charge in [0.15, 0.2) is 17.4 Å². The van der Waals surface area contributed by atoms with E-state index < -0.39 is 34.7 Å². The molecule has 2 unspecified atom stereocenters. The zero-order valence-electron chi connectivity index (χ0n) is 10.6. The van der Waals surface area contributed by atoms with Gasteiger partial charge in [-0.1, -0.05) is 0 Å². The number of carbonyl (C=O) groups excluding carboxylic acids is 1. The molecule has 0 aromatic heterocycles. The molecule has 0 aliphatic heterocycles. The van der Waals surface area contributed by atoms with Gasteiger partial charge in [0.1, 0.15) is 0 Å². The van der Waals surface area contributed by atoms with Crippen molar-refractivity contribution in [3.63, 3.8) is 0 Å². The van der Waals surface area contributed by atoms with Crippen molar-refractivity contribution in [2.75, 3.05) is 6.54 Å². The maximum atomic E-state index is 13.5. The molecule has 2 atom stereocenters. The summed E-state index contributed by atoms with van der Waals surface area (Å²) in [5, 5.41) is 11.5. The van der Waals surface area contributed by atoms with Gasteiger partial charge in [-0.15, -0.1) is 0 Å². The summed E-state index contributed by atoms with van der Waals surface area (Å²) in [5.41, 5.74) is 5.01. The zero-order valence-corrected chi connectivity index (χ0v) is 10.6. The Hall–Kier alpha value is -1.76. The van der Waals surface area contributed by atoms with Gasteiger partial charge in [-0.2, -0.15) is 4.39 Å². The van der Waals surface area contributed by atoms with Gasteiger partial charge in [0, 0.05) is 12.6 Å². The van der Waals surface area contributed by atoms with Crippen molar-refractivity contribution in [1.29, 1.82) is 0 Å². The molecule has 2 rings (SSSR count). The molecule has 0 spiro atoms. The van der Waals surface area contributed by atoms with Gasteiger partial charge in [-0.05, 0) is 31.2 Å². The summed E-state index contributed by atoms with van der Waals surface area (Å²) >= 11 is 0. The first-order chi connectivity index (χ1) is 9.40. The molecule has 1 aromatic carbocycles. The molecule has 0 saturated heterocycles. The van der Waals surface area contributed by atoms with E-state index in [-0.39, 0.29) is 18.5 Å². The average molecular weight is 288 g/mol. The molecule has 110 valence electrons. The lowest BCUT2D eigenvalue weighted by Crippen LogP contribution is -2.30. The van der Waals surface area contributed by atoms with Gasteiger partial charge in [0.25, 0.3) is 5.91 Å². The quantitative estimate of drug-likeness (QED) is 0.741. The fourth-order valence-electron chi connectivity index (χ4n) is 2.39. The normalized spacial score (nSPS) is 22.0. The Morgan fingerprint density at radius 3 is 2.65 bits per heavy atom. The number of nitrogens with one attached hydrogen (secondary N) is 1. The number of phenols is 1. The zero-order chi connectivity index (χ0) is 14.9. The lowest BCUT2D eigenvalue weighted by atomic mass is 10.1. The largest absolute Gasteiger partial charge is 0.503 e. The van der Waals surface area contributed by atoms with Crippen molar-refractivity contribution in [3.05, 3.63) is 29.1 Å². The highest BCUT2D eigenvalue weighted by Gasteiger charge is 2.25. The molecular weight excluding hydrogens is 273 g/mol. The predicted octanol–water partition coefficient (Wildman–Crippen LogP) is 1.67. The molecule has 1 fully saturated rings. The van der Waals surface area contributed by atoms with Crippen molar-refractivity contribution in [1.82, 2.24) is 5.32 Å². The molecule has 20 heavy (non-hydrogen) atoms. The van der Waals surface area contributed by atoms with Crippen LogP contribution in [0, 0.1) is 23.4 Å². The lowest BCUT2D eigenvalue weighted by molar-refractivity contribution is 0.0941. The molecule has 1 aliphatic rings. The van der Waals surface area contributed by atoms with Crippen molar-refractivity contribution in [2.45, 2.75) is 25.3 Å². The smallest absolute Gasteiger partial charge is 0.254 e. The van der Waals surface area contributed by atoms with Crippen LogP contribution < -0.4 is 11.1 Å². The van der Waals surface area contributed by atoms with Gasteiger partial charge >= 0.3 is 0 Å². The van der Waals surface area contributed by atoms with Crippen LogP contribution in [-0.2, 0) is 0 Å². The van der Waals surface area contributed by atoms with E-state index in [2.05, 4.69) is 5.32 Å². The molecule has 0 bridgehead atoms. The summed E-state index contributed by atoms with van der Waals surface area (Å²) in [6, 6.07) is 0.529. The van der Waals surface area contributed by atoms with Crippen LogP contribution in [0.15, 0.2) is 6.07 Å². The fourth-order valence-corrected chi connectivity index (χ4v) is 2.39. The van der Waals surface area contributed by atoms with Crippen molar-refractivity contribution in [2.24, 2.45) is 11.7 Å². The standard InChI is InChI=1S/C13H15F3N2O2/c14-9-4-8(10(15)12(19)11(9)16)13(20)18-5-6-1-2-7(17)3-6/h4,6-7,19H,1-3,5,17H2,(H,18,20). The van der Waals surface area contributed by atoms with Crippen LogP contribution in [0.1, 0.15) is 29.6 Å². The van der Waals surface area contributed by atoms with Gasteiger partial charge in [-0.25, -0.2) is 8.78 Å². The third kappa shape index (κ3) is 2.87. The van der Waals surface area contributed by atoms with Crippen molar-refractivity contribution in [3.8, 4) is 5.75 Å². The number of hydrogen-bond donors (Lipinski definition) is 3. The third-order valence-electron chi connectivity index (χ3n) is 3.51. The topological polar surface area (TPSA) is 75.3 Å². The minimum atomic E-state index is -1.71. The fraction of sp³-hybridized carbons (Fsp3) is 0.462. The summed E-state index contributed by atoms with van der Waals surface area (Å²) in [6.45, 7) is 0.283. The van der Waals surface area contributed by atoms with Gasteiger partial charge in [-0.3, -0.25) is 4.79 Å². The second-order valence-electron chi connectivity index (χ2n) is 5.03. The highest BCUT2D eigenvalue weighted by Crippen LogP contribution is 2.26. The highest BCUT2D eigenvalue weighted by molar-refractivity contribution is 5.94. The van der Waals surface area contributed by atoms with E-state index in [0.29, 0.717) is 6.07 Å². The Balaban J connectivity index is 2.06. The number of amides is 1. The van der Waals surface area contributed by atoms with Crippen LogP contribution in [0.25, 0.3) is 0 Å². The van der Waals surface area contributed by atoms with Crippen molar-refractivity contribution >= 4 is 5.91 Å². The monoisotopic (exact) mass is 288 g/mol. The second-order valence-corrected chi connectivity index (χ2v) is 5.03. The molecule has 4 N–H and O–H groups in total. The molecule has 1 saturated carbocycles. The maximum absolute atomic E-state index is 13.5. The summed E-state index contributed by atoms with van der Waals surface area (Å²) in [5.74, 6) is -6.84. The van der Waals surface area contributed by atoms with Crippen LogP contribution in [0.2, 0.25) is 0 Å². The highest BCUT2D eigenvalue weighted by atomic mass is 19.2. The average Bonchev–Trinajstić information content (AvgIpc) is 2.83. The maximum Gasteiger partial charge on any atom is 0.254 e. The Morgan fingerprint density at radius 1 is 1.35 bits per heavy atom. The van der Waals surface area contributed by atoms with Gasteiger partial charge < -0.3 is 16.2 Å². The second kappa shape index (κ2) is 5.70. The number of hydrogen-bond acceptors (Lipinski definition) is 3. The van der Waals surface area contributed by atoms with Crippen LogP contribution >= 0.6 is 0 Å². The minimum absolute atomic E-state index is 0.0981.